The number of allylic oxidation sites excluding steroid dienone is 2. The molecule has 130 valence electrons. The maximum Gasteiger partial charge on any atom is 0.347 e. The van der Waals surface area contributed by atoms with Gasteiger partial charge in [-0.25, -0.2) is 9.59 Å². The molecule has 0 spiro atoms. The van der Waals surface area contributed by atoms with Crippen molar-refractivity contribution >= 4 is 17.5 Å². The molecule has 0 N–H and O–H groups in total. The Morgan fingerprint density at radius 1 is 1.00 bits per heavy atom. The smallest absolute Gasteiger partial charge is 0.347 e. The van der Waals surface area contributed by atoms with Gasteiger partial charge in [-0.2, -0.15) is 0 Å². The van der Waals surface area contributed by atoms with Crippen LogP contribution in [0.2, 0.25) is 0 Å². The van der Waals surface area contributed by atoms with Crippen LogP contribution in [-0.2, 0) is 14.3 Å². The first-order valence-electron chi connectivity index (χ1n) is 9.29. The summed E-state index contributed by atoms with van der Waals surface area (Å²) < 4.78 is 10.5. The Balaban J connectivity index is 1.70. The Morgan fingerprint density at radius 3 is 2.20 bits per heavy atom. The van der Waals surface area contributed by atoms with Crippen molar-refractivity contribution in [1.82, 2.24) is 0 Å². The number of cyclic esters (lactones) is 2. The molecule has 6 rings (SSSR count). The van der Waals surface area contributed by atoms with Gasteiger partial charge in [-0.3, -0.25) is 0 Å². The van der Waals surface area contributed by atoms with Crippen molar-refractivity contribution < 1.29 is 18.7 Å². The SMILES string of the molecule is C/C(=C1\C(=O)OC(=O)C1=C1C2CC3CC(C2)CC1C3)c1ccoc1C. The van der Waals surface area contributed by atoms with E-state index in [2.05, 4.69) is 0 Å². The van der Waals surface area contributed by atoms with Crippen molar-refractivity contribution in [2.24, 2.45) is 23.7 Å². The lowest BCUT2D eigenvalue weighted by Crippen LogP contribution is -2.41. The molecular formula is C21H22O4. The molecule has 0 aromatic carbocycles. The molecule has 0 unspecified atom stereocenters. The predicted octanol–water partition coefficient (Wildman–Crippen LogP) is 4.20. The summed E-state index contributed by atoms with van der Waals surface area (Å²) in [4.78, 5) is 25.1. The Morgan fingerprint density at radius 2 is 1.64 bits per heavy atom. The van der Waals surface area contributed by atoms with Gasteiger partial charge in [0.05, 0.1) is 17.4 Å². The van der Waals surface area contributed by atoms with Crippen LogP contribution in [0, 0.1) is 30.6 Å². The van der Waals surface area contributed by atoms with Crippen LogP contribution >= 0.6 is 0 Å². The van der Waals surface area contributed by atoms with Crippen molar-refractivity contribution in [2.75, 3.05) is 0 Å². The third-order valence-electron chi connectivity index (χ3n) is 6.79. The van der Waals surface area contributed by atoms with Gasteiger partial charge in [0.25, 0.3) is 0 Å². The van der Waals surface area contributed by atoms with E-state index in [1.807, 2.05) is 19.9 Å². The first kappa shape index (κ1) is 15.2. The minimum absolute atomic E-state index is 0.442. The van der Waals surface area contributed by atoms with Crippen molar-refractivity contribution in [3.05, 3.63) is 40.4 Å². The maximum absolute atomic E-state index is 12.6. The summed E-state index contributed by atoms with van der Waals surface area (Å²) in [6.45, 7) is 3.76. The predicted molar refractivity (Wildman–Crippen MR) is 91.2 cm³/mol. The third kappa shape index (κ3) is 2.12. The molecule has 5 fully saturated rings. The first-order chi connectivity index (χ1) is 12.0. The van der Waals surface area contributed by atoms with E-state index in [1.54, 1.807) is 6.26 Å². The van der Waals surface area contributed by atoms with Gasteiger partial charge >= 0.3 is 11.9 Å². The van der Waals surface area contributed by atoms with E-state index in [1.165, 1.54) is 37.7 Å². The van der Waals surface area contributed by atoms with Crippen LogP contribution in [-0.4, -0.2) is 11.9 Å². The van der Waals surface area contributed by atoms with E-state index in [0.717, 1.165) is 28.7 Å². The van der Waals surface area contributed by atoms with Crippen LogP contribution in [0.25, 0.3) is 5.57 Å². The van der Waals surface area contributed by atoms with Gasteiger partial charge in [0.1, 0.15) is 5.76 Å². The molecule has 4 nitrogen and oxygen atoms in total. The number of hydrogen-bond acceptors (Lipinski definition) is 4. The summed E-state index contributed by atoms with van der Waals surface area (Å²) in [5.41, 5.74) is 3.94. The molecule has 1 aromatic rings. The number of ether oxygens (including phenoxy) is 1. The summed E-state index contributed by atoms with van der Waals surface area (Å²) in [6.07, 6.45) is 7.66. The van der Waals surface area contributed by atoms with Gasteiger partial charge in [0, 0.05) is 5.56 Å². The number of carbonyl (C=O) groups excluding carboxylic acids is 2. The monoisotopic (exact) mass is 338 g/mol. The minimum Gasteiger partial charge on any atom is -0.469 e. The van der Waals surface area contributed by atoms with Gasteiger partial charge in [-0.05, 0) is 86.8 Å². The molecule has 1 saturated heterocycles. The fourth-order valence-corrected chi connectivity index (χ4v) is 6.00. The van der Waals surface area contributed by atoms with Crippen LogP contribution < -0.4 is 0 Å². The molecule has 1 aromatic heterocycles. The van der Waals surface area contributed by atoms with Gasteiger partial charge in [-0.1, -0.05) is 0 Å². The summed E-state index contributed by atoms with van der Waals surface area (Å²) in [6, 6.07) is 1.85. The Bertz CT molecular complexity index is 821. The summed E-state index contributed by atoms with van der Waals surface area (Å²) in [5.74, 6) is 2.35. The standard InChI is InChI=1S/C21H22O4/c1-10(16-3-4-24-11(16)2)17-19(21(23)25-20(17)22)18-14-6-12-5-13(8-14)9-15(18)7-12/h3-4,12-15H,5-9H2,1-2H3/b17-10+,19-18?. The van der Waals surface area contributed by atoms with Gasteiger partial charge < -0.3 is 9.15 Å². The number of carbonyl (C=O) groups is 2. The second kappa shape index (κ2) is 5.20. The van der Waals surface area contributed by atoms with Crippen molar-refractivity contribution in [3.63, 3.8) is 0 Å². The highest BCUT2D eigenvalue weighted by Gasteiger charge is 2.49. The second-order valence-corrected chi connectivity index (χ2v) is 8.20. The molecule has 25 heavy (non-hydrogen) atoms. The minimum atomic E-state index is -0.501. The molecule has 4 saturated carbocycles. The van der Waals surface area contributed by atoms with Gasteiger partial charge in [0.15, 0.2) is 0 Å². The summed E-state index contributed by atoms with van der Waals surface area (Å²) in [5, 5.41) is 0. The average molecular weight is 338 g/mol. The zero-order valence-electron chi connectivity index (χ0n) is 14.6. The number of furan rings is 1. The zero-order valence-corrected chi connectivity index (χ0v) is 14.6. The van der Waals surface area contributed by atoms with E-state index in [0.29, 0.717) is 23.0 Å². The molecule has 0 radical (unpaired) electrons. The maximum atomic E-state index is 12.6. The molecule has 4 aliphatic carbocycles. The Labute approximate surface area is 146 Å². The van der Waals surface area contributed by atoms with E-state index < -0.39 is 11.9 Å². The summed E-state index contributed by atoms with van der Waals surface area (Å²) in [7, 11) is 0. The summed E-state index contributed by atoms with van der Waals surface area (Å²) >= 11 is 0. The first-order valence-corrected chi connectivity index (χ1v) is 9.29. The Hall–Kier alpha value is -2.10. The molecule has 4 heteroatoms. The molecule has 5 aliphatic rings. The van der Waals surface area contributed by atoms with E-state index >= 15 is 0 Å². The van der Waals surface area contributed by atoms with Crippen LogP contribution in [0.5, 0.6) is 0 Å². The fourth-order valence-electron chi connectivity index (χ4n) is 6.00. The van der Waals surface area contributed by atoms with Crippen LogP contribution in [0.3, 0.4) is 0 Å². The molecule has 1 aliphatic heterocycles. The Kier molecular flexibility index (Phi) is 3.16. The lowest BCUT2D eigenvalue weighted by atomic mass is 9.53. The second-order valence-electron chi connectivity index (χ2n) is 8.20. The van der Waals surface area contributed by atoms with Crippen molar-refractivity contribution in [1.29, 1.82) is 0 Å². The highest BCUT2D eigenvalue weighted by molar-refractivity contribution is 6.22. The lowest BCUT2D eigenvalue weighted by Gasteiger charge is -2.51. The molecule has 2 heterocycles. The van der Waals surface area contributed by atoms with E-state index in [9.17, 15) is 9.59 Å². The largest absolute Gasteiger partial charge is 0.469 e. The average Bonchev–Trinajstić information content (AvgIpc) is 3.09. The van der Waals surface area contributed by atoms with Crippen LogP contribution in [0.1, 0.15) is 50.4 Å². The highest BCUT2D eigenvalue weighted by Crippen LogP contribution is 2.58. The van der Waals surface area contributed by atoms with Crippen molar-refractivity contribution in [2.45, 2.75) is 46.0 Å². The molecule has 4 bridgehead atoms. The molecular weight excluding hydrogens is 316 g/mol. The zero-order chi connectivity index (χ0) is 17.3. The normalized spacial score (nSPS) is 35.6. The number of aryl methyl sites for hydroxylation is 1. The van der Waals surface area contributed by atoms with Crippen LogP contribution in [0.4, 0.5) is 0 Å². The van der Waals surface area contributed by atoms with Crippen molar-refractivity contribution in [3.8, 4) is 0 Å². The van der Waals surface area contributed by atoms with E-state index in [-0.39, 0.29) is 0 Å². The molecule has 0 amide bonds. The quantitative estimate of drug-likeness (QED) is 0.437. The van der Waals surface area contributed by atoms with Crippen LogP contribution in [0.15, 0.2) is 33.5 Å². The molecule has 0 atom stereocenters. The number of hydrogen-bond donors (Lipinski definition) is 0. The number of esters is 2. The van der Waals surface area contributed by atoms with Gasteiger partial charge in [0.2, 0.25) is 0 Å². The highest BCUT2D eigenvalue weighted by atomic mass is 16.6. The van der Waals surface area contributed by atoms with E-state index in [4.69, 9.17) is 9.15 Å². The lowest BCUT2D eigenvalue weighted by molar-refractivity contribution is -0.149. The third-order valence-corrected chi connectivity index (χ3v) is 6.79. The van der Waals surface area contributed by atoms with Gasteiger partial charge in [-0.15, -0.1) is 0 Å². The topological polar surface area (TPSA) is 56.5 Å². The fraction of sp³-hybridized carbons (Fsp3) is 0.524. The number of rotatable bonds is 1.